The van der Waals surface area contributed by atoms with Crippen LogP contribution in [0.5, 0.6) is 0 Å². The van der Waals surface area contributed by atoms with Gasteiger partial charge in [0.1, 0.15) is 0 Å². The number of halogens is 3. The zero-order valence-electron chi connectivity index (χ0n) is 15.5. The lowest BCUT2D eigenvalue weighted by Crippen LogP contribution is -2.52. The molecule has 1 aromatic rings. The fourth-order valence-corrected chi connectivity index (χ4v) is 5.25. The molecule has 2 atom stereocenters. The van der Waals surface area contributed by atoms with Crippen molar-refractivity contribution in [1.82, 2.24) is 14.1 Å². The van der Waals surface area contributed by atoms with Gasteiger partial charge in [0.15, 0.2) is 0 Å². The third kappa shape index (κ3) is 3.83. The highest BCUT2D eigenvalue weighted by molar-refractivity contribution is 7.89. The van der Waals surface area contributed by atoms with E-state index in [0.29, 0.717) is 32.4 Å². The molecule has 0 aliphatic carbocycles. The summed E-state index contributed by atoms with van der Waals surface area (Å²) >= 11 is 0. The minimum atomic E-state index is -4.65. The molecule has 1 aromatic carbocycles. The van der Waals surface area contributed by atoms with Crippen LogP contribution in [0.1, 0.15) is 19.4 Å². The molecule has 2 heterocycles. The lowest BCUT2D eigenvalue weighted by molar-refractivity contribution is -0.137. The average Bonchev–Trinajstić information content (AvgIpc) is 2.96. The van der Waals surface area contributed by atoms with Gasteiger partial charge in [-0.05, 0) is 32.0 Å². The van der Waals surface area contributed by atoms with Crippen molar-refractivity contribution in [3.05, 3.63) is 29.8 Å². The lowest BCUT2D eigenvalue weighted by atomic mass is 10.2. The first-order valence-corrected chi connectivity index (χ1v) is 10.3. The average molecular weight is 421 g/mol. The van der Waals surface area contributed by atoms with Gasteiger partial charge in [0.2, 0.25) is 10.0 Å². The van der Waals surface area contributed by atoms with Gasteiger partial charge in [0.25, 0.3) is 0 Å². The number of amides is 2. The number of urea groups is 1. The third-order valence-corrected chi connectivity index (χ3v) is 6.93. The monoisotopic (exact) mass is 421 g/mol. The first-order valence-electron chi connectivity index (χ1n) is 8.87. The van der Waals surface area contributed by atoms with E-state index in [2.05, 4.69) is 0 Å². The Morgan fingerprint density at radius 2 is 1.82 bits per heavy atom. The summed E-state index contributed by atoms with van der Waals surface area (Å²) in [6, 6.07) is 2.93. The number of ether oxygens (including phenoxy) is 1. The summed E-state index contributed by atoms with van der Waals surface area (Å²) in [6.45, 7) is 4.94. The molecule has 0 radical (unpaired) electrons. The minimum Gasteiger partial charge on any atom is -0.378 e. The van der Waals surface area contributed by atoms with Crippen LogP contribution in [0.3, 0.4) is 0 Å². The van der Waals surface area contributed by atoms with E-state index in [9.17, 15) is 26.4 Å². The summed E-state index contributed by atoms with van der Waals surface area (Å²) in [5.74, 6) is 0. The van der Waals surface area contributed by atoms with Crippen molar-refractivity contribution in [2.75, 3.05) is 32.8 Å². The number of nitrogens with zero attached hydrogens (tertiary/aromatic N) is 3. The van der Waals surface area contributed by atoms with Crippen molar-refractivity contribution in [2.45, 2.75) is 37.1 Å². The molecule has 3 rings (SSSR count). The molecule has 0 unspecified atom stereocenters. The molecule has 0 bridgehead atoms. The Morgan fingerprint density at radius 3 is 2.43 bits per heavy atom. The zero-order valence-corrected chi connectivity index (χ0v) is 16.3. The molecular formula is C17H22F3N3O4S. The van der Waals surface area contributed by atoms with Crippen LogP contribution in [0.2, 0.25) is 0 Å². The summed E-state index contributed by atoms with van der Waals surface area (Å²) < 4.78 is 71.2. The maximum Gasteiger partial charge on any atom is 0.416 e. The standard InChI is InChI=1S/C17H22F3N3O4S/c1-12-11-22(13(2)23(12)16(24)21-6-8-27-9-7-21)28(25,26)15-5-3-4-14(10-15)17(18,19)20/h3-5,10,12-13H,6-9,11H2,1-2H3/t12-,13+/m0/s1. The van der Waals surface area contributed by atoms with Gasteiger partial charge in [-0.3, -0.25) is 0 Å². The third-order valence-electron chi connectivity index (χ3n) is 5.01. The predicted octanol–water partition coefficient (Wildman–Crippen LogP) is 2.20. The quantitative estimate of drug-likeness (QED) is 0.734. The number of sulfonamides is 1. The van der Waals surface area contributed by atoms with Gasteiger partial charge in [0, 0.05) is 25.7 Å². The molecule has 11 heteroatoms. The molecule has 0 aromatic heterocycles. The maximum atomic E-state index is 13.0. The van der Waals surface area contributed by atoms with Gasteiger partial charge in [0.05, 0.1) is 29.8 Å². The normalized spacial score (nSPS) is 24.6. The number of alkyl halides is 3. The summed E-state index contributed by atoms with van der Waals surface area (Å²) in [6.07, 6.45) is -5.46. The van der Waals surface area contributed by atoms with Crippen LogP contribution >= 0.6 is 0 Å². The lowest BCUT2D eigenvalue weighted by Gasteiger charge is -2.35. The van der Waals surface area contributed by atoms with Crippen LogP contribution in [0.4, 0.5) is 18.0 Å². The summed E-state index contributed by atoms with van der Waals surface area (Å²) in [5.41, 5.74) is -1.03. The molecule has 2 aliphatic heterocycles. The molecular weight excluding hydrogens is 399 g/mol. The SMILES string of the molecule is C[C@H]1CN(S(=O)(=O)c2cccc(C(F)(F)F)c2)[C@@H](C)N1C(=O)N1CCOCC1. The molecule has 2 aliphatic rings. The van der Waals surface area contributed by atoms with Crippen molar-refractivity contribution in [2.24, 2.45) is 0 Å². The minimum absolute atomic E-state index is 0.00975. The Kier molecular flexibility index (Phi) is 5.61. The summed E-state index contributed by atoms with van der Waals surface area (Å²) in [4.78, 5) is 15.4. The predicted molar refractivity (Wildman–Crippen MR) is 93.9 cm³/mol. The van der Waals surface area contributed by atoms with E-state index in [1.54, 1.807) is 18.7 Å². The van der Waals surface area contributed by atoms with Crippen LogP contribution in [0.25, 0.3) is 0 Å². The van der Waals surface area contributed by atoms with E-state index in [4.69, 9.17) is 4.74 Å². The highest BCUT2D eigenvalue weighted by atomic mass is 32.2. The fourth-order valence-electron chi connectivity index (χ4n) is 3.54. The Labute approximate surface area is 161 Å². The second-order valence-corrected chi connectivity index (χ2v) is 8.76. The molecule has 2 amide bonds. The number of rotatable bonds is 2. The van der Waals surface area contributed by atoms with Crippen LogP contribution in [0.15, 0.2) is 29.2 Å². The van der Waals surface area contributed by atoms with Crippen molar-refractivity contribution < 1.29 is 31.1 Å². The van der Waals surface area contributed by atoms with E-state index < -0.39 is 38.9 Å². The molecule has 2 fully saturated rings. The molecule has 156 valence electrons. The van der Waals surface area contributed by atoms with Gasteiger partial charge < -0.3 is 14.5 Å². The molecule has 0 spiro atoms. The van der Waals surface area contributed by atoms with E-state index >= 15 is 0 Å². The van der Waals surface area contributed by atoms with Gasteiger partial charge in [-0.25, -0.2) is 13.2 Å². The van der Waals surface area contributed by atoms with E-state index in [0.717, 1.165) is 22.5 Å². The number of carbonyl (C=O) groups is 1. The van der Waals surface area contributed by atoms with Gasteiger partial charge in [-0.1, -0.05) is 6.07 Å². The molecule has 28 heavy (non-hydrogen) atoms. The molecule has 0 saturated carbocycles. The van der Waals surface area contributed by atoms with Crippen LogP contribution in [-0.4, -0.2) is 73.6 Å². The smallest absolute Gasteiger partial charge is 0.378 e. The highest BCUT2D eigenvalue weighted by Gasteiger charge is 2.45. The Hall–Kier alpha value is -1.85. The number of carbonyl (C=O) groups excluding carboxylic acids is 1. The van der Waals surface area contributed by atoms with Crippen LogP contribution in [-0.2, 0) is 20.9 Å². The fraction of sp³-hybridized carbons (Fsp3) is 0.588. The topological polar surface area (TPSA) is 70.2 Å². The van der Waals surface area contributed by atoms with Gasteiger partial charge in [-0.2, -0.15) is 17.5 Å². The number of hydrogen-bond acceptors (Lipinski definition) is 4. The molecule has 7 nitrogen and oxygen atoms in total. The highest BCUT2D eigenvalue weighted by Crippen LogP contribution is 2.33. The van der Waals surface area contributed by atoms with Gasteiger partial charge in [-0.15, -0.1) is 0 Å². The summed E-state index contributed by atoms with van der Waals surface area (Å²) in [5, 5.41) is 0. The Balaban J connectivity index is 1.86. The first kappa shape index (κ1) is 20.9. The molecule has 2 saturated heterocycles. The maximum absolute atomic E-state index is 13.0. The van der Waals surface area contributed by atoms with Crippen molar-refractivity contribution >= 4 is 16.1 Å². The van der Waals surface area contributed by atoms with Crippen molar-refractivity contribution in [3.8, 4) is 0 Å². The number of hydrogen-bond donors (Lipinski definition) is 0. The van der Waals surface area contributed by atoms with E-state index in [1.807, 2.05) is 0 Å². The number of morpholine rings is 1. The first-order chi connectivity index (χ1) is 13.0. The molecule has 0 N–H and O–H groups in total. The Morgan fingerprint density at radius 1 is 1.18 bits per heavy atom. The largest absolute Gasteiger partial charge is 0.416 e. The second-order valence-electron chi connectivity index (χ2n) is 6.87. The van der Waals surface area contributed by atoms with Crippen LogP contribution < -0.4 is 0 Å². The van der Waals surface area contributed by atoms with E-state index in [-0.39, 0.29) is 12.6 Å². The summed E-state index contributed by atoms with van der Waals surface area (Å²) in [7, 11) is -4.20. The second kappa shape index (κ2) is 7.53. The van der Waals surface area contributed by atoms with Crippen molar-refractivity contribution in [1.29, 1.82) is 0 Å². The van der Waals surface area contributed by atoms with E-state index in [1.165, 1.54) is 4.90 Å². The number of benzene rings is 1. The van der Waals surface area contributed by atoms with Gasteiger partial charge >= 0.3 is 12.2 Å². The van der Waals surface area contributed by atoms with Crippen LogP contribution in [0, 0.1) is 0 Å². The zero-order chi connectivity index (χ0) is 20.7. The Bertz CT molecular complexity index is 840. The van der Waals surface area contributed by atoms with Crippen molar-refractivity contribution in [3.63, 3.8) is 0 Å².